The van der Waals surface area contributed by atoms with Crippen molar-refractivity contribution in [2.45, 2.75) is 39.2 Å². The van der Waals surface area contributed by atoms with Crippen LogP contribution >= 0.6 is 0 Å². The van der Waals surface area contributed by atoms with Crippen LogP contribution in [0.5, 0.6) is 0 Å². The second-order valence-corrected chi connectivity index (χ2v) is 5.47. The third-order valence-corrected chi connectivity index (χ3v) is 3.76. The van der Waals surface area contributed by atoms with Gasteiger partial charge in [-0.3, -0.25) is 10.1 Å². The summed E-state index contributed by atoms with van der Waals surface area (Å²) in [6.45, 7) is 4.20. The molecule has 0 radical (unpaired) electrons. The predicted octanol–water partition coefficient (Wildman–Crippen LogP) is 3.72. The summed E-state index contributed by atoms with van der Waals surface area (Å²) in [6, 6.07) is 4.01. The number of nitrogens with zero attached hydrogens (tertiary/aromatic N) is 1. The monoisotopic (exact) mass is 252 g/mol. The Hall–Kier alpha value is -1.65. The van der Waals surface area contributed by atoms with Crippen LogP contribution in [0.2, 0.25) is 0 Å². The van der Waals surface area contributed by atoms with Crippen LogP contribution in [0.1, 0.15) is 33.1 Å². The minimum absolute atomic E-state index is 0.0162. The molecule has 5 heteroatoms. The van der Waals surface area contributed by atoms with Gasteiger partial charge in [-0.2, -0.15) is 0 Å². The van der Waals surface area contributed by atoms with E-state index in [0.717, 1.165) is 19.3 Å². The van der Waals surface area contributed by atoms with Gasteiger partial charge in [-0.25, -0.2) is 4.39 Å². The molecule has 0 aromatic heterocycles. The fourth-order valence-electron chi connectivity index (χ4n) is 2.58. The summed E-state index contributed by atoms with van der Waals surface area (Å²) in [5.74, 6) is -0.563. The number of anilines is 1. The first kappa shape index (κ1) is 12.8. The summed E-state index contributed by atoms with van der Waals surface area (Å²) >= 11 is 0. The Morgan fingerprint density at radius 1 is 1.50 bits per heavy atom. The average molecular weight is 252 g/mol. The van der Waals surface area contributed by atoms with E-state index >= 15 is 0 Å². The zero-order chi connectivity index (χ0) is 13.3. The summed E-state index contributed by atoms with van der Waals surface area (Å²) in [6.07, 6.45) is 3.03. The molecule has 0 saturated heterocycles. The molecule has 1 fully saturated rings. The first-order valence-electron chi connectivity index (χ1n) is 6.11. The number of halogens is 1. The van der Waals surface area contributed by atoms with Crippen LogP contribution in [-0.2, 0) is 0 Å². The molecule has 1 saturated carbocycles. The van der Waals surface area contributed by atoms with Crippen molar-refractivity contribution in [3.05, 3.63) is 34.1 Å². The summed E-state index contributed by atoms with van der Waals surface area (Å²) in [5, 5.41) is 13.9. The molecule has 18 heavy (non-hydrogen) atoms. The minimum atomic E-state index is -0.563. The summed E-state index contributed by atoms with van der Waals surface area (Å²) < 4.78 is 13.7. The van der Waals surface area contributed by atoms with Gasteiger partial charge in [0.15, 0.2) is 5.82 Å². The highest BCUT2D eigenvalue weighted by molar-refractivity contribution is 5.62. The second kappa shape index (κ2) is 4.55. The normalized spacial score (nSPS) is 21.8. The fraction of sp³-hybridized carbons (Fsp3) is 0.538. The fourth-order valence-corrected chi connectivity index (χ4v) is 2.58. The number of rotatable bonds is 3. The minimum Gasteiger partial charge on any atom is -0.374 e. The predicted molar refractivity (Wildman–Crippen MR) is 68.1 cm³/mol. The first-order valence-corrected chi connectivity index (χ1v) is 6.11. The highest BCUT2D eigenvalue weighted by Crippen LogP contribution is 2.40. The molecule has 1 N–H and O–H groups in total. The maximum Gasteiger partial charge on any atom is 0.295 e. The van der Waals surface area contributed by atoms with Crippen molar-refractivity contribution >= 4 is 11.4 Å². The van der Waals surface area contributed by atoms with Crippen LogP contribution in [0.25, 0.3) is 0 Å². The number of nitrogens with one attached hydrogen (secondary N) is 1. The van der Waals surface area contributed by atoms with Gasteiger partial charge in [0.1, 0.15) is 5.69 Å². The molecule has 1 aliphatic carbocycles. The van der Waals surface area contributed by atoms with Gasteiger partial charge in [0.05, 0.1) is 4.92 Å². The standard InChI is InChI=1S/C13H17FN2O2/c1-13(2)8-4-7-11(13)15-12-9(14)5-3-6-10(12)16(17)18/h3,5-6,11,15H,4,7-8H2,1-2H3. The van der Waals surface area contributed by atoms with Gasteiger partial charge in [-0.05, 0) is 24.3 Å². The Morgan fingerprint density at radius 2 is 2.22 bits per heavy atom. The lowest BCUT2D eigenvalue weighted by Gasteiger charge is -2.28. The highest BCUT2D eigenvalue weighted by atomic mass is 19.1. The zero-order valence-corrected chi connectivity index (χ0v) is 10.6. The summed E-state index contributed by atoms with van der Waals surface area (Å²) in [4.78, 5) is 10.4. The van der Waals surface area contributed by atoms with Gasteiger partial charge in [-0.15, -0.1) is 0 Å². The zero-order valence-electron chi connectivity index (χ0n) is 10.6. The number of para-hydroxylation sites is 1. The molecule has 2 rings (SSSR count). The molecule has 98 valence electrons. The topological polar surface area (TPSA) is 55.2 Å². The van der Waals surface area contributed by atoms with Gasteiger partial charge in [0.2, 0.25) is 0 Å². The number of nitro groups is 1. The molecule has 0 heterocycles. The molecule has 1 aliphatic rings. The molecule has 1 atom stereocenters. The largest absolute Gasteiger partial charge is 0.374 e. The van der Waals surface area contributed by atoms with Gasteiger partial charge in [-0.1, -0.05) is 26.3 Å². The molecule has 1 aromatic carbocycles. The average Bonchev–Trinajstić information content (AvgIpc) is 2.60. The molecular weight excluding hydrogens is 235 g/mol. The maximum atomic E-state index is 13.7. The third kappa shape index (κ3) is 2.30. The second-order valence-electron chi connectivity index (χ2n) is 5.47. The van der Waals surface area contributed by atoms with Crippen LogP contribution < -0.4 is 5.32 Å². The lowest BCUT2D eigenvalue weighted by atomic mass is 9.87. The molecule has 0 aliphatic heterocycles. The van der Waals surface area contributed by atoms with E-state index in [2.05, 4.69) is 19.2 Å². The Morgan fingerprint density at radius 3 is 2.78 bits per heavy atom. The first-order chi connectivity index (χ1) is 8.42. The molecule has 0 bridgehead atoms. The van der Waals surface area contributed by atoms with Crippen molar-refractivity contribution in [2.24, 2.45) is 5.41 Å². The van der Waals surface area contributed by atoms with E-state index in [-0.39, 0.29) is 22.8 Å². The molecule has 0 spiro atoms. The SMILES string of the molecule is CC1(C)CCCC1Nc1c(F)cccc1[N+](=O)[O-]. The Bertz CT molecular complexity index is 474. The molecule has 1 unspecified atom stereocenters. The van der Waals surface area contributed by atoms with Crippen LogP contribution in [-0.4, -0.2) is 11.0 Å². The van der Waals surface area contributed by atoms with E-state index < -0.39 is 10.7 Å². The van der Waals surface area contributed by atoms with Crippen LogP contribution in [0.3, 0.4) is 0 Å². The van der Waals surface area contributed by atoms with Crippen LogP contribution in [0.4, 0.5) is 15.8 Å². The molecule has 1 aromatic rings. The molecular formula is C13H17FN2O2. The van der Waals surface area contributed by atoms with E-state index in [9.17, 15) is 14.5 Å². The van der Waals surface area contributed by atoms with Crippen molar-refractivity contribution in [1.29, 1.82) is 0 Å². The van der Waals surface area contributed by atoms with Crippen molar-refractivity contribution in [3.63, 3.8) is 0 Å². The van der Waals surface area contributed by atoms with E-state index in [4.69, 9.17) is 0 Å². The van der Waals surface area contributed by atoms with E-state index in [1.54, 1.807) is 0 Å². The summed E-state index contributed by atoms with van der Waals surface area (Å²) in [5.41, 5.74) is -0.143. The highest BCUT2D eigenvalue weighted by Gasteiger charge is 2.36. The van der Waals surface area contributed by atoms with E-state index in [0.29, 0.717) is 0 Å². The van der Waals surface area contributed by atoms with Gasteiger partial charge < -0.3 is 5.32 Å². The van der Waals surface area contributed by atoms with E-state index in [1.807, 2.05) is 0 Å². The Kier molecular flexibility index (Phi) is 3.24. The number of hydrogen-bond acceptors (Lipinski definition) is 3. The van der Waals surface area contributed by atoms with Crippen molar-refractivity contribution in [3.8, 4) is 0 Å². The lowest BCUT2D eigenvalue weighted by molar-refractivity contribution is -0.384. The quantitative estimate of drug-likeness (QED) is 0.658. The lowest BCUT2D eigenvalue weighted by Crippen LogP contribution is -2.31. The van der Waals surface area contributed by atoms with Gasteiger partial charge in [0.25, 0.3) is 5.69 Å². The Balaban J connectivity index is 2.31. The molecule has 4 nitrogen and oxygen atoms in total. The van der Waals surface area contributed by atoms with E-state index in [1.165, 1.54) is 18.2 Å². The van der Waals surface area contributed by atoms with Crippen molar-refractivity contribution in [2.75, 3.05) is 5.32 Å². The summed E-state index contributed by atoms with van der Waals surface area (Å²) in [7, 11) is 0. The Labute approximate surface area is 105 Å². The third-order valence-electron chi connectivity index (χ3n) is 3.76. The van der Waals surface area contributed by atoms with Crippen molar-refractivity contribution in [1.82, 2.24) is 0 Å². The number of nitro benzene ring substituents is 1. The number of hydrogen-bond donors (Lipinski definition) is 1. The smallest absolute Gasteiger partial charge is 0.295 e. The van der Waals surface area contributed by atoms with Crippen molar-refractivity contribution < 1.29 is 9.31 Å². The van der Waals surface area contributed by atoms with Crippen LogP contribution in [0.15, 0.2) is 18.2 Å². The van der Waals surface area contributed by atoms with Gasteiger partial charge in [0, 0.05) is 12.1 Å². The maximum absolute atomic E-state index is 13.7. The van der Waals surface area contributed by atoms with Crippen LogP contribution in [0, 0.1) is 21.3 Å². The molecule has 0 amide bonds. The number of benzene rings is 1. The van der Waals surface area contributed by atoms with Gasteiger partial charge >= 0.3 is 0 Å².